The van der Waals surface area contributed by atoms with Crippen LogP contribution in [0.4, 0.5) is 0 Å². The summed E-state index contributed by atoms with van der Waals surface area (Å²) in [4.78, 5) is 1.50. The predicted octanol–water partition coefficient (Wildman–Crippen LogP) is 4.66. The molecule has 2 aromatic rings. The molecule has 0 fully saturated rings. The van der Waals surface area contributed by atoms with Gasteiger partial charge in [-0.1, -0.05) is 25.1 Å². The van der Waals surface area contributed by atoms with E-state index in [9.17, 15) is 0 Å². The van der Waals surface area contributed by atoms with Gasteiger partial charge in [0.15, 0.2) is 0 Å². The second-order valence-electron chi connectivity index (χ2n) is 5.91. The fourth-order valence-electron chi connectivity index (χ4n) is 2.24. The predicted molar refractivity (Wildman–Crippen MR) is 82.5 cm³/mol. The van der Waals surface area contributed by atoms with Gasteiger partial charge in [-0.3, -0.25) is 0 Å². The second kappa shape index (κ2) is 5.02. The molecule has 1 heterocycles. The number of thiophene rings is 1. The quantitative estimate of drug-likeness (QED) is 0.847. The molecule has 0 aliphatic heterocycles. The van der Waals surface area contributed by atoms with E-state index < -0.39 is 0 Å². The van der Waals surface area contributed by atoms with E-state index in [2.05, 4.69) is 58.1 Å². The molecule has 1 nitrogen and oxygen atoms in total. The molecule has 1 aromatic carbocycles. The Kier molecular flexibility index (Phi) is 3.79. The van der Waals surface area contributed by atoms with Gasteiger partial charge in [0, 0.05) is 21.7 Å². The molecule has 0 aliphatic carbocycles. The van der Waals surface area contributed by atoms with Gasteiger partial charge in [-0.2, -0.15) is 0 Å². The zero-order valence-electron chi connectivity index (χ0n) is 12.1. The molecule has 1 aromatic heterocycles. The Hall–Kier alpha value is -0.860. The first kappa shape index (κ1) is 13.6. The highest BCUT2D eigenvalue weighted by Gasteiger charge is 2.14. The van der Waals surface area contributed by atoms with Gasteiger partial charge in [0.25, 0.3) is 0 Å². The van der Waals surface area contributed by atoms with Gasteiger partial charge in [0.2, 0.25) is 0 Å². The van der Waals surface area contributed by atoms with Gasteiger partial charge >= 0.3 is 0 Å². The highest BCUT2D eigenvalue weighted by Crippen LogP contribution is 2.34. The summed E-state index contributed by atoms with van der Waals surface area (Å²) in [5.74, 6) is 0. The van der Waals surface area contributed by atoms with E-state index in [1.807, 2.05) is 11.3 Å². The normalized spacial score (nSPS) is 12.3. The lowest BCUT2D eigenvalue weighted by Gasteiger charge is -2.20. The summed E-state index contributed by atoms with van der Waals surface area (Å²) < 4.78 is 1.46. The fourth-order valence-corrected chi connectivity index (χ4v) is 3.53. The summed E-state index contributed by atoms with van der Waals surface area (Å²) in [5.41, 5.74) is 3.10. The molecule has 0 radical (unpaired) electrons. The van der Waals surface area contributed by atoms with E-state index in [0.717, 1.165) is 13.0 Å². The van der Waals surface area contributed by atoms with Crippen molar-refractivity contribution in [2.75, 3.05) is 0 Å². The van der Waals surface area contributed by atoms with Gasteiger partial charge in [0.05, 0.1) is 0 Å². The number of benzene rings is 1. The first-order valence-electron chi connectivity index (χ1n) is 6.67. The molecule has 2 heteroatoms. The van der Waals surface area contributed by atoms with E-state index in [1.165, 1.54) is 26.1 Å². The smallest absolute Gasteiger partial charge is 0.0378 e. The lowest BCUT2D eigenvalue weighted by Crippen LogP contribution is -2.35. The molecule has 0 aliphatic rings. The minimum atomic E-state index is 0.177. The van der Waals surface area contributed by atoms with Gasteiger partial charge < -0.3 is 5.32 Å². The zero-order chi connectivity index (χ0) is 13.3. The molecule has 0 atom stereocenters. The lowest BCUT2D eigenvalue weighted by molar-refractivity contribution is 0.426. The molecule has 1 N–H and O–H groups in total. The van der Waals surface area contributed by atoms with Gasteiger partial charge in [-0.05, 0) is 50.6 Å². The Balaban J connectivity index is 2.41. The SMILES string of the molecule is CCc1c(CNC(C)(C)C)sc2c(C)cccc12. The van der Waals surface area contributed by atoms with Crippen molar-refractivity contribution in [2.45, 2.75) is 53.1 Å². The van der Waals surface area contributed by atoms with Crippen molar-refractivity contribution in [3.63, 3.8) is 0 Å². The Morgan fingerprint density at radius 3 is 2.56 bits per heavy atom. The maximum Gasteiger partial charge on any atom is 0.0378 e. The van der Waals surface area contributed by atoms with Crippen LogP contribution in [0.25, 0.3) is 10.1 Å². The topological polar surface area (TPSA) is 12.0 Å². The number of hydrogen-bond donors (Lipinski definition) is 1. The summed E-state index contributed by atoms with van der Waals surface area (Å²) >= 11 is 1.95. The third-order valence-corrected chi connectivity index (χ3v) is 4.61. The molecule has 0 unspecified atom stereocenters. The van der Waals surface area contributed by atoms with Crippen molar-refractivity contribution in [1.82, 2.24) is 5.32 Å². The number of hydrogen-bond acceptors (Lipinski definition) is 2. The number of nitrogens with one attached hydrogen (secondary N) is 1. The molecule has 0 bridgehead atoms. The van der Waals surface area contributed by atoms with Crippen molar-refractivity contribution in [3.8, 4) is 0 Å². The Bertz CT molecular complexity index is 546. The molecule has 0 saturated heterocycles. The lowest BCUT2D eigenvalue weighted by atomic mass is 10.1. The Morgan fingerprint density at radius 1 is 1.22 bits per heavy atom. The van der Waals surface area contributed by atoms with Gasteiger partial charge in [0.1, 0.15) is 0 Å². The monoisotopic (exact) mass is 261 g/mol. The standard InChI is InChI=1S/C16H23NS/c1-6-12-13-9-7-8-11(2)15(13)18-14(12)10-17-16(3,4)5/h7-9,17H,6,10H2,1-5H3. The third-order valence-electron chi connectivity index (χ3n) is 3.23. The van der Waals surface area contributed by atoms with Crippen LogP contribution in [0, 0.1) is 6.92 Å². The molecule has 0 spiro atoms. The van der Waals surface area contributed by atoms with E-state index in [1.54, 1.807) is 0 Å². The molecule has 98 valence electrons. The van der Waals surface area contributed by atoms with Gasteiger partial charge in [-0.25, -0.2) is 0 Å². The first-order valence-corrected chi connectivity index (χ1v) is 7.49. The van der Waals surface area contributed by atoms with Crippen LogP contribution in [0.5, 0.6) is 0 Å². The van der Waals surface area contributed by atoms with Crippen LogP contribution in [-0.4, -0.2) is 5.54 Å². The first-order chi connectivity index (χ1) is 8.42. The highest BCUT2D eigenvalue weighted by molar-refractivity contribution is 7.19. The van der Waals surface area contributed by atoms with Crippen LogP contribution >= 0.6 is 11.3 Å². The molecule has 2 rings (SSSR count). The minimum Gasteiger partial charge on any atom is -0.307 e. The van der Waals surface area contributed by atoms with E-state index in [4.69, 9.17) is 0 Å². The molecule has 0 saturated carbocycles. The summed E-state index contributed by atoms with van der Waals surface area (Å²) in [5, 5.41) is 5.06. The summed E-state index contributed by atoms with van der Waals surface area (Å²) in [6.07, 6.45) is 1.12. The second-order valence-corrected chi connectivity index (χ2v) is 7.02. The van der Waals surface area contributed by atoms with Crippen molar-refractivity contribution in [3.05, 3.63) is 34.2 Å². The van der Waals surface area contributed by atoms with Crippen molar-refractivity contribution >= 4 is 21.4 Å². The molecular formula is C16H23NS. The van der Waals surface area contributed by atoms with Crippen LogP contribution in [0.1, 0.15) is 43.7 Å². The van der Waals surface area contributed by atoms with Crippen LogP contribution in [0.3, 0.4) is 0 Å². The maximum atomic E-state index is 3.60. The van der Waals surface area contributed by atoms with E-state index in [-0.39, 0.29) is 5.54 Å². The number of fused-ring (bicyclic) bond motifs is 1. The van der Waals surface area contributed by atoms with E-state index in [0.29, 0.717) is 0 Å². The van der Waals surface area contributed by atoms with Crippen molar-refractivity contribution in [2.24, 2.45) is 0 Å². The largest absolute Gasteiger partial charge is 0.307 e. The van der Waals surface area contributed by atoms with Crippen LogP contribution in [-0.2, 0) is 13.0 Å². The highest BCUT2D eigenvalue weighted by atomic mass is 32.1. The van der Waals surface area contributed by atoms with Crippen LogP contribution in [0.2, 0.25) is 0 Å². The fraction of sp³-hybridized carbons (Fsp3) is 0.500. The summed E-state index contributed by atoms with van der Waals surface area (Å²) in [7, 11) is 0. The van der Waals surface area contributed by atoms with E-state index >= 15 is 0 Å². The van der Waals surface area contributed by atoms with Gasteiger partial charge in [-0.15, -0.1) is 11.3 Å². The minimum absolute atomic E-state index is 0.177. The summed E-state index contributed by atoms with van der Waals surface area (Å²) in [6, 6.07) is 6.64. The van der Waals surface area contributed by atoms with Crippen molar-refractivity contribution < 1.29 is 0 Å². The number of rotatable bonds is 3. The maximum absolute atomic E-state index is 3.60. The zero-order valence-corrected chi connectivity index (χ0v) is 12.9. The third kappa shape index (κ3) is 2.76. The molecule has 0 amide bonds. The average Bonchev–Trinajstić information content (AvgIpc) is 2.64. The summed E-state index contributed by atoms with van der Waals surface area (Å²) in [6.45, 7) is 12.1. The molecular weight excluding hydrogens is 238 g/mol. The molecule has 18 heavy (non-hydrogen) atoms. The Morgan fingerprint density at radius 2 is 1.94 bits per heavy atom. The Labute approximate surface area is 114 Å². The van der Waals surface area contributed by atoms with Crippen LogP contribution < -0.4 is 5.32 Å². The van der Waals surface area contributed by atoms with Crippen molar-refractivity contribution in [1.29, 1.82) is 0 Å². The number of aryl methyl sites for hydroxylation is 2. The van der Waals surface area contributed by atoms with Crippen LogP contribution in [0.15, 0.2) is 18.2 Å². The average molecular weight is 261 g/mol.